The van der Waals surface area contributed by atoms with E-state index in [2.05, 4.69) is 15.6 Å². The van der Waals surface area contributed by atoms with Gasteiger partial charge in [0.1, 0.15) is 17.9 Å². The second kappa shape index (κ2) is 16.1. The zero-order valence-corrected chi connectivity index (χ0v) is 28.2. The first kappa shape index (κ1) is 36.9. The number of anilines is 1. The van der Waals surface area contributed by atoms with Gasteiger partial charge in [0.2, 0.25) is 11.8 Å². The molecule has 1 aromatic heterocycles. The fourth-order valence-corrected chi connectivity index (χ4v) is 5.66. The van der Waals surface area contributed by atoms with Crippen LogP contribution in [0.25, 0.3) is 0 Å². The molecule has 3 aromatic carbocycles. The SMILES string of the molecule is CC(C)(N)C(=O)NC(COCc1ccccc1)C(=O)Nc1cn(C(C(=O)N2CCC(C(=O)c3ccc(F)cc3)CC2)c2ccc(F)c(F)c2)cn1. The van der Waals surface area contributed by atoms with Crippen molar-refractivity contribution in [3.05, 3.63) is 119 Å². The van der Waals surface area contributed by atoms with Crippen LogP contribution >= 0.6 is 0 Å². The second-order valence-corrected chi connectivity index (χ2v) is 13.0. The molecule has 4 aromatic rings. The number of rotatable bonds is 13. The summed E-state index contributed by atoms with van der Waals surface area (Å²) in [5.74, 6) is -4.95. The number of nitrogens with one attached hydrogen (secondary N) is 2. The first-order valence-corrected chi connectivity index (χ1v) is 16.4. The number of carbonyl (C=O) groups excluding carboxylic acids is 4. The van der Waals surface area contributed by atoms with Gasteiger partial charge in [0.15, 0.2) is 23.2 Å². The van der Waals surface area contributed by atoms with E-state index < -0.39 is 52.8 Å². The van der Waals surface area contributed by atoms with Gasteiger partial charge in [0.25, 0.3) is 5.91 Å². The number of amides is 3. The number of imidazole rings is 1. The van der Waals surface area contributed by atoms with Gasteiger partial charge in [-0.3, -0.25) is 19.2 Å². The van der Waals surface area contributed by atoms with E-state index in [-0.39, 0.29) is 49.4 Å². The standard InChI is InChI=1S/C37H39F3N6O5/c1-37(2,41)36(50)43-30(21-51-20-23-6-4-3-5-7-23)34(48)44-31-19-46(22-42-31)32(26-10-13-28(39)29(40)18-26)35(49)45-16-14-25(15-17-45)33(47)24-8-11-27(38)12-9-24/h3-13,18-19,22,25,30,32H,14-17,20-21,41H2,1-2H3,(H,43,50)(H,44,48). The molecule has 4 N–H and O–H groups in total. The highest BCUT2D eigenvalue weighted by Crippen LogP contribution is 2.28. The third kappa shape index (κ3) is 9.47. The van der Waals surface area contributed by atoms with Gasteiger partial charge in [0, 0.05) is 30.8 Å². The lowest BCUT2D eigenvalue weighted by atomic mass is 9.88. The van der Waals surface area contributed by atoms with Crippen molar-refractivity contribution in [2.24, 2.45) is 11.7 Å². The first-order chi connectivity index (χ1) is 24.3. The Bertz CT molecular complexity index is 1850. The molecular weight excluding hydrogens is 665 g/mol. The van der Waals surface area contributed by atoms with E-state index in [0.29, 0.717) is 18.4 Å². The number of ether oxygens (including phenoxy) is 1. The number of hydrogen-bond donors (Lipinski definition) is 3. The van der Waals surface area contributed by atoms with Gasteiger partial charge in [0.05, 0.1) is 25.1 Å². The fraction of sp³-hybridized carbons (Fsp3) is 0.324. The molecule has 14 heteroatoms. The number of benzene rings is 3. The largest absolute Gasteiger partial charge is 0.374 e. The van der Waals surface area contributed by atoms with Gasteiger partial charge in [-0.05, 0) is 74.2 Å². The fourth-order valence-electron chi connectivity index (χ4n) is 5.66. The third-order valence-electron chi connectivity index (χ3n) is 8.55. The molecule has 0 bridgehead atoms. The summed E-state index contributed by atoms with van der Waals surface area (Å²) in [6.45, 7) is 3.37. The molecule has 0 aliphatic carbocycles. The van der Waals surface area contributed by atoms with E-state index in [1.54, 1.807) is 0 Å². The Labute approximate surface area is 293 Å². The molecule has 2 heterocycles. The van der Waals surface area contributed by atoms with Crippen LogP contribution in [-0.4, -0.2) is 69.2 Å². The summed E-state index contributed by atoms with van der Waals surface area (Å²) in [5.41, 5.74) is 6.02. The number of halogens is 3. The van der Waals surface area contributed by atoms with E-state index in [1.807, 2.05) is 30.3 Å². The molecule has 51 heavy (non-hydrogen) atoms. The number of likely N-dealkylation sites (tertiary alicyclic amines) is 1. The average molecular weight is 705 g/mol. The Kier molecular flexibility index (Phi) is 11.7. The maximum atomic E-state index is 14.5. The molecule has 1 saturated heterocycles. The summed E-state index contributed by atoms with van der Waals surface area (Å²) in [5, 5.41) is 5.23. The van der Waals surface area contributed by atoms with Crippen molar-refractivity contribution in [2.75, 3.05) is 25.0 Å². The lowest BCUT2D eigenvalue weighted by molar-refractivity contribution is -0.134. The molecule has 1 aliphatic rings. The summed E-state index contributed by atoms with van der Waals surface area (Å²) < 4.78 is 48.9. The third-order valence-corrected chi connectivity index (χ3v) is 8.55. The zero-order valence-electron chi connectivity index (χ0n) is 28.2. The van der Waals surface area contributed by atoms with Gasteiger partial charge in [-0.15, -0.1) is 0 Å². The van der Waals surface area contributed by atoms with Crippen LogP contribution in [0.4, 0.5) is 19.0 Å². The molecule has 2 unspecified atom stereocenters. The minimum absolute atomic E-state index is 0.0123. The first-order valence-electron chi connectivity index (χ1n) is 16.4. The van der Waals surface area contributed by atoms with E-state index in [0.717, 1.165) is 17.7 Å². The summed E-state index contributed by atoms with van der Waals surface area (Å²) in [7, 11) is 0. The number of aromatic nitrogens is 2. The van der Waals surface area contributed by atoms with Crippen molar-refractivity contribution in [2.45, 2.75) is 50.9 Å². The quantitative estimate of drug-likeness (QED) is 0.175. The van der Waals surface area contributed by atoms with E-state index in [4.69, 9.17) is 10.5 Å². The van der Waals surface area contributed by atoms with Crippen LogP contribution in [0.15, 0.2) is 85.3 Å². The molecule has 268 valence electrons. The second-order valence-electron chi connectivity index (χ2n) is 13.0. The molecule has 0 saturated carbocycles. The van der Waals surface area contributed by atoms with E-state index >= 15 is 0 Å². The predicted octanol–water partition coefficient (Wildman–Crippen LogP) is 4.39. The minimum atomic E-state index is -1.29. The highest BCUT2D eigenvalue weighted by molar-refractivity contribution is 5.98. The van der Waals surface area contributed by atoms with Crippen LogP contribution in [-0.2, 0) is 25.7 Å². The highest BCUT2D eigenvalue weighted by atomic mass is 19.2. The molecular formula is C37H39F3N6O5. The minimum Gasteiger partial charge on any atom is -0.374 e. The van der Waals surface area contributed by atoms with Crippen LogP contribution in [0, 0.1) is 23.4 Å². The molecule has 0 spiro atoms. The molecule has 11 nitrogen and oxygen atoms in total. The maximum absolute atomic E-state index is 14.5. The number of nitrogens with zero attached hydrogens (tertiary/aromatic N) is 3. The monoisotopic (exact) mass is 704 g/mol. The molecule has 3 amide bonds. The van der Waals surface area contributed by atoms with Gasteiger partial charge in [-0.1, -0.05) is 36.4 Å². The van der Waals surface area contributed by atoms with Crippen molar-refractivity contribution in [1.29, 1.82) is 0 Å². The molecule has 1 aliphatic heterocycles. The lowest BCUT2D eigenvalue weighted by Crippen LogP contribution is -2.56. The summed E-state index contributed by atoms with van der Waals surface area (Å²) >= 11 is 0. The van der Waals surface area contributed by atoms with Gasteiger partial charge in [-0.25, -0.2) is 18.2 Å². The van der Waals surface area contributed by atoms with Crippen molar-refractivity contribution >= 4 is 29.3 Å². The summed E-state index contributed by atoms with van der Waals surface area (Å²) in [6, 6.07) is 15.3. The van der Waals surface area contributed by atoms with Crippen LogP contribution in [0.1, 0.15) is 54.2 Å². The molecule has 0 radical (unpaired) electrons. The number of ketones is 1. The Morgan fingerprint density at radius 2 is 1.65 bits per heavy atom. The predicted molar refractivity (Wildman–Crippen MR) is 182 cm³/mol. The Morgan fingerprint density at radius 3 is 2.29 bits per heavy atom. The smallest absolute Gasteiger partial charge is 0.250 e. The van der Waals surface area contributed by atoms with Crippen LogP contribution in [0.5, 0.6) is 0 Å². The Hall–Kier alpha value is -5.34. The number of hydrogen-bond acceptors (Lipinski definition) is 7. The Morgan fingerprint density at radius 1 is 0.961 bits per heavy atom. The number of Topliss-reactive ketones (excluding diaryl/α,β-unsaturated/α-hetero) is 1. The average Bonchev–Trinajstić information content (AvgIpc) is 3.57. The van der Waals surface area contributed by atoms with Crippen LogP contribution < -0.4 is 16.4 Å². The van der Waals surface area contributed by atoms with Gasteiger partial charge >= 0.3 is 0 Å². The van der Waals surface area contributed by atoms with E-state index in [1.165, 1.54) is 66.2 Å². The Balaban J connectivity index is 1.31. The van der Waals surface area contributed by atoms with Crippen LogP contribution in [0.2, 0.25) is 0 Å². The number of carbonyl (C=O) groups is 4. The van der Waals surface area contributed by atoms with Gasteiger partial charge in [-0.2, -0.15) is 0 Å². The number of piperidine rings is 1. The molecule has 5 rings (SSSR count). The van der Waals surface area contributed by atoms with Crippen LogP contribution in [0.3, 0.4) is 0 Å². The van der Waals surface area contributed by atoms with Crippen molar-refractivity contribution in [1.82, 2.24) is 19.8 Å². The topological polar surface area (TPSA) is 149 Å². The molecule has 2 atom stereocenters. The number of nitrogens with two attached hydrogens (primary N) is 1. The summed E-state index contributed by atoms with van der Waals surface area (Å²) in [6.07, 6.45) is 3.32. The normalized spacial score (nSPS) is 14.8. The zero-order chi connectivity index (χ0) is 36.7. The summed E-state index contributed by atoms with van der Waals surface area (Å²) in [4.78, 5) is 59.0. The maximum Gasteiger partial charge on any atom is 0.250 e. The lowest BCUT2D eigenvalue weighted by Gasteiger charge is -2.34. The van der Waals surface area contributed by atoms with Gasteiger partial charge < -0.3 is 30.6 Å². The highest BCUT2D eigenvalue weighted by Gasteiger charge is 2.34. The van der Waals surface area contributed by atoms with Crippen molar-refractivity contribution < 1.29 is 37.1 Å². The van der Waals surface area contributed by atoms with E-state index in [9.17, 15) is 32.3 Å². The molecule has 1 fully saturated rings. The van der Waals surface area contributed by atoms with Crippen molar-refractivity contribution in [3.8, 4) is 0 Å². The van der Waals surface area contributed by atoms with Crippen molar-refractivity contribution in [3.63, 3.8) is 0 Å².